The van der Waals surface area contributed by atoms with Crippen LogP contribution < -0.4 is 0 Å². The molecule has 3 heteroatoms. The summed E-state index contributed by atoms with van der Waals surface area (Å²) in [6.45, 7) is 0. The minimum atomic E-state index is 0.925. The van der Waals surface area contributed by atoms with E-state index in [1.165, 1.54) is 0 Å². The maximum absolute atomic E-state index is 4.14. The van der Waals surface area contributed by atoms with E-state index in [0.29, 0.717) is 0 Å². The molecule has 0 saturated carbocycles. The van der Waals surface area contributed by atoms with Gasteiger partial charge in [-0.1, -0.05) is 15.9 Å². The number of halogens is 1. The van der Waals surface area contributed by atoms with Crippen LogP contribution in [0.2, 0.25) is 0 Å². The largest absolute Gasteiger partial charge is 0.143 e. The second-order valence-electron chi connectivity index (χ2n) is 1.67. The zero-order chi connectivity index (χ0) is 6.85. The second kappa shape index (κ2) is 2.99. The predicted molar refractivity (Wildman–Crippen MR) is 48.6 cm³/mol. The van der Waals surface area contributed by atoms with E-state index in [9.17, 15) is 0 Å². The van der Waals surface area contributed by atoms with Gasteiger partial charge in [0.15, 0.2) is 0 Å². The van der Waals surface area contributed by atoms with Crippen molar-refractivity contribution in [2.45, 2.75) is 9.79 Å². The van der Waals surface area contributed by atoms with Crippen LogP contribution in [0.3, 0.4) is 0 Å². The topological polar surface area (TPSA) is 0 Å². The van der Waals surface area contributed by atoms with Gasteiger partial charge in [-0.3, -0.25) is 0 Å². The molecule has 0 nitrogen and oxygen atoms in total. The first-order valence-corrected chi connectivity index (χ1v) is 4.06. The fourth-order valence-corrected chi connectivity index (χ4v) is 2.06. The van der Waals surface area contributed by atoms with Crippen LogP contribution in [0, 0.1) is 0 Å². The third-order valence-electron chi connectivity index (χ3n) is 0.867. The van der Waals surface area contributed by atoms with Crippen molar-refractivity contribution in [2.75, 3.05) is 0 Å². The van der Waals surface area contributed by atoms with Crippen molar-refractivity contribution >= 4 is 41.2 Å². The van der Waals surface area contributed by atoms with E-state index in [0.717, 1.165) is 14.3 Å². The van der Waals surface area contributed by atoms with E-state index in [4.69, 9.17) is 0 Å². The Bertz CT molecular complexity index is 172. The molecule has 0 amide bonds. The molecule has 0 radical (unpaired) electrons. The van der Waals surface area contributed by atoms with Gasteiger partial charge in [0, 0.05) is 14.3 Å². The highest BCUT2D eigenvalue weighted by Gasteiger charge is 1.90. The van der Waals surface area contributed by atoms with Crippen molar-refractivity contribution in [2.24, 2.45) is 0 Å². The quantitative estimate of drug-likeness (QED) is 0.618. The van der Waals surface area contributed by atoms with Gasteiger partial charge in [-0.15, -0.1) is 25.3 Å². The average molecular weight is 221 g/mol. The Hall–Kier alpha value is 0.400. The highest BCUT2D eigenvalue weighted by Crippen LogP contribution is 2.19. The van der Waals surface area contributed by atoms with Gasteiger partial charge in [0.1, 0.15) is 0 Å². The van der Waals surface area contributed by atoms with Crippen molar-refractivity contribution in [1.82, 2.24) is 0 Å². The summed E-state index contributed by atoms with van der Waals surface area (Å²) < 4.78 is 1.01. The Kier molecular flexibility index (Phi) is 2.50. The van der Waals surface area contributed by atoms with E-state index >= 15 is 0 Å². The summed E-state index contributed by atoms with van der Waals surface area (Å²) in [6.07, 6.45) is 0. The summed E-state index contributed by atoms with van der Waals surface area (Å²) in [5.74, 6) is 0. The fraction of sp³-hybridized carbons (Fsp3) is 0. The smallest absolute Gasteiger partial charge is 0.0197 e. The molecule has 0 aliphatic rings. The highest BCUT2D eigenvalue weighted by molar-refractivity contribution is 9.10. The van der Waals surface area contributed by atoms with E-state index in [1.54, 1.807) is 0 Å². The molecule has 0 aliphatic carbocycles. The minimum absolute atomic E-state index is 0.925. The number of rotatable bonds is 0. The molecule has 0 aromatic heterocycles. The maximum Gasteiger partial charge on any atom is 0.0197 e. The molecule has 48 valence electrons. The van der Waals surface area contributed by atoms with Gasteiger partial charge < -0.3 is 0 Å². The van der Waals surface area contributed by atoms with Gasteiger partial charge >= 0.3 is 0 Å². The van der Waals surface area contributed by atoms with Crippen molar-refractivity contribution < 1.29 is 0 Å². The molecule has 0 saturated heterocycles. The van der Waals surface area contributed by atoms with Gasteiger partial charge in [0.2, 0.25) is 0 Å². The standard InChI is InChI=1S/C6H5BrS2/c7-4-1-5(8)3-6(9)2-4/h1-3,8-9H. The first kappa shape index (κ1) is 7.51. The Labute approximate surface area is 73.6 Å². The molecule has 0 atom stereocenters. The monoisotopic (exact) mass is 220 g/mol. The van der Waals surface area contributed by atoms with Crippen LogP contribution in [0.5, 0.6) is 0 Å². The second-order valence-corrected chi connectivity index (χ2v) is 3.62. The van der Waals surface area contributed by atoms with E-state index in [1.807, 2.05) is 18.2 Å². The molecular formula is C6H5BrS2. The van der Waals surface area contributed by atoms with Gasteiger partial charge in [0.05, 0.1) is 0 Å². The Balaban J connectivity index is 3.17. The average Bonchev–Trinajstić information content (AvgIpc) is 1.59. The molecule has 0 unspecified atom stereocenters. The molecular weight excluding hydrogens is 216 g/mol. The summed E-state index contributed by atoms with van der Waals surface area (Å²) in [6, 6.07) is 5.72. The zero-order valence-electron chi connectivity index (χ0n) is 4.50. The van der Waals surface area contributed by atoms with Crippen LogP contribution in [0.4, 0.5) is 0 Å². The van der Waals surface area contributed by atoms with Crippen molar-refractivity contribution in [3.63, 3.8) is 0 Å². The van der Waals surface area contributed by atoms with Crippen LogP contribution >= 0.6 is 41.2 Å². The Morgan fingerprint density at radius 1 is 1.00 bits per heavy atom. The van der Waals surface area contributed by atoms with Crippen molar-refractivity contribution in [3.05, 3.63) is 22.7 Å². The maximum atomic E-state index is 4.14. The first-order valence-electron chi connectivity index (χ1n) is 2.37. The van der Waals surface area contributed by atoms with Crippen LogP contribution in [0.1, 0.15) is 0 Å². The van der Waals surface area contributed by atoms with Crippen molar-refractivity contribution in [3.8, 4) is 0 Å². The number of hydrogen-bond donors (Lipinski definition) is 2. The lowest BCUT2D eigenvalue weighted by Gasteiger charge is -1.94. The SMILES string of the molecule is Sc1cc(S)cc(Br)c1. The van der Waals surface area contributed by atoms with Crippen LogP contribution in [0.15, 0.2) is 32.5 Å². The Morgan fingerprint density at radius 3 is 1.78 bits per heavy atom. The van der Waals surface area contributed by atoms with E-state index in [2.05, 4.69) is 41.2 Å². The molecule has 0 heterocycles. The zero-order valence-corrected chi connectivity index (χ0v) is 7.88. The molecule has 1 aromatic rings. The predicted octanol–water partition coefficient (Wildman–Crippen LogP) is 3.03. The van der Waals surface area contributed by atoms with E-state index < -0.39 is 0 Å². The van der Waals surface area contributed by atoms with Gasteiger partial charge in [-0.2, -0.15) is 0 Å². The summed E-state index contributed by atoms with van der Waals surface area (Å²) >= 11 is 11.6. The molecule has 0 fully saturated rings. The molecule has 1 rings (SSSR count). The van der Waals surface area contributed by atoms with Gasteiger partial charge in [-0.05, 0) is 18.2 Å². The third-order valence-corrected chi connectivity index (χ3v) is 1.84. The molecule has 0 bridgehead atoms. The molecule has 0 N–H and O–H groups in total. The van der Waals surface area contributed by atoms with Crippen LogP contribution in [-0.2, 0) is 0 Å². The van der Waals surface area contributed by atoms with Crippen molar-refractivity contribution in [1.29, 1.82) is 0 Å². The molecule has 0 spiro atoms. The highest BCUT2D eigenvalue weighted by atomic mass is 79.9. The summed E-state index contributed by atoms with van der Waals surface area (Å²) in [5, 5.41) is 0. The lowest BCUT2D eigenvalue weighted by Crippen LogP contribution is -1.68. The molecule has 1 aromatic carbocycles. The molecule has 9 heavy (non-hydrogen) atoms. The fourth-order valence-electron chi connectivity index (χ4n) is 0.559. The third kappa shape index (κ3) is 2.24. The lowest BCUT2D eigenvalue weighted by atomic mass is 10.4. The van der Waals surface area contributed by atoms with Crippen LogP contribution in [0.25, 0.3) is 0 Å². The summed E-state index contributed by atoms with van der Waals surface area (Å²) in [7, 11) is 0. The number of thiol groups is 2. The van der Waals surface area contributed by atoms with Gasteiger partial charge in [0.25, 0.3) is 0 Å². The van der Waals surface area contributed by atoms with E-state index in [-0.39, 0.29) is 0 Å². The first-order chi connectivity index (χ1) is 4.18. The Morgan fingerprint density at radius 2 is 1.44 bits per heavy atom. The summed E-state index contributed by atoms with van der Waals surface area (Å²) in [5.41, 5.74) is 0. The van der Waals surface area contributed by atoms with Gasteiger partial charge in [-0.25, -0.2) is 0 Å². The number of benzene rings is 1. The van der Waals surface area contributed by atoms with Crippen LogP contribution in [-0.4, -0.2) is 0 Å². The molecule has 0 aliphatic heterocycles. The normalized spacial score (nSPS) is 9.67. The summed E-state index contributed by atoms with van der Waals surface area (Å²) in [4.78, 5) is 1.85. The minimum Gasteiger partial charge on any atom is -0.143 e. The lowest BCUT2D eigenvalue weighted by molar-refractivity contribution is 1.32. The number of hydrogen-bond acceptors (Lipinski definition) is 2.